The highest BCUT2D eigenvalue weighted by atomic mass is 32.2. The molecule has 3 rings (SSSR count). The number of para-hydroxylation sites is 1. The molecule has 2 aromatic carbocycles. The van der Waals surface area contributed by atoms with Crippen LogP contribution in [0.2, 0.25) is 0 Å². The zero-order chi connectivity index (χ0) is 15.0. The molecule has 0 aromatic heterocycles. The molecule has 2 nitrogen and oxygen atoms in total. The second-order valence-corrected chi connectivity index (χ2v) is 7.06. The Bertz CT molecular complexity index is 587. The van der Waals surface area contributed by atoms with Gasteiger partial charge >= 0.3 is 0 Å². The van der Waals surface area contributed by atoms with Crippen LogP contribution in [0, 0.1) is 0 Å². The number of thioether (sulfide) groups is 1. The van der Waals surface area contributed by atoms with Gasteiger partial charge in [0, 0.05) is 10.1 Å². The lowest BCUT2D eigenvalue weighted by Crippen LogP contribution is -2.07. The second kappa shape index (κ2) is 8.04. The van der Waals surface area contributed by atoms with Crippen LogP contribution in [-0.2, 0) is 0 Å². The molecule has 1 aliphatic rings. The summed E-state index contributed by atoms with van der Waals surface area (Å²) in [6.07, 6.45) is 8.81. The summed E-state index contributed by atoms with van der Waals surface area (Å²) in [5.74, 6) is 0. The molecule has 1 fully saturated rings. The highest BCUT2D eigenvalue weighted by Gasteiger charge is 2.14. The van der Waals surface area contributed by atoms with Gasteiger partial charge in [0.1, 0.15) is 0 Å². The molecule has 0 radical (unpaired) electrons. The molecule has 1 saturated carbocycles. The van der Waals surface area contributed by atoms with Crippen molar-refractivity contribution in [3.05, 3.63) is 60.2 Å². The van der Waals surface area contributed by atoms with E-state index in [1.807, 2.05) is 48.3 Å². The Morgan fingerprint density at radius 1 is 0.909 bits per heavy atom. The molecular weight excluding hydrogens is 288 g/mol. The summed E-state index contributed by atoms with van der Waals surface area (Å²) in [5, 5.41) is 5.09. The van der Waals surface area contributed by atoms with Crippen molar-refractivity contribution in [3.63, 3.8) is 0 Å². The number of hydrogen-bond acceptors (Lipinski definition) is 3. The predicted octanol–water partition coefficient (Wildman–Crippen LogP) is 5.56. The zero-order valence-electron chi connectivity index (χ0n) is 12.7. The summed E-state index contributed by atoms with van der Waals surface area (Å²) in [5.41, 5.74) is 5.16. The molecule has 0 aliphatic heterocycles. The van der Waals surface area contributed by atoms with E-state index in [0.29, 0.717) is 0 Å². The average Bonchev–Trinajstić information content (AvgIpc) is 2.58. The smallest absolute Gasteiger partial charge is 0.0561 e. The fourth-order valence-corrected chi connectivity index (χ4v) is 3.95. The first-order chi connectivity index (χ1) is 10.9. The summed E-state index contributed by atoms with van der Waals surface area (Å²) in [4.78, 5) is 1.38. The van der Waals surface area contributed by atoms with Gasteiger partial charge in [0.05, 0.1) is 11.9 Å². The minimum atomic E-state index is 0.813. The van der Waals surface area contributed by atoms with Gasteiger partial charge in [-0.2, -0.15) is 5.10 Å². The maximum Gasteiger partial charge on any atom is 0.0561 e. The first-order valence-corrected chi connectivity index (χ1v) is 8.89. The number of nitrogens with zero attached hydrogens (tertiary/aromatic N) is 1. The first kappa shape index (κ1) is 15.2. The average molecular weight is 310 g/mol. The predicted molar refractivity (Wildman–Crippen MR) is 96.8 cm³/mol. The molecule has 3 heteroatoms. The summed E-state index contributed by atoms with van der Waals surface area (Å²) >= 11 is 2.03. The number of hydrogen-bond donors (Lipinski definition) is 1. The molecule has 0 saturated heterocycles. The number of nitrogens with one attached hydrogen (secondary N) is 1. The van der Waals surface area contributed by atoms with Crippen LogP contribution in [0.3, 0.4) is 0 Å². The Kier molecular flexibility index (Phi) is 5.54. The highest BCUT2D eigenvalue weighted by Crippen LogP contribution is 2.33. The summed E-state index contributed by atoms with van der Waals surface area (Å²) < 4.78 is 0. The Balaban J connectivity index is 1.52. The Morgan fingerprint density at radius 2 is 1.64 bits per heavy atom. The molecule has 1 aliphatic carbocycles. The van der Waals surface area contributed by atoms with Crippen molar-refractivity contribution in [3.8, 4) is 0 Å². The fraction of sp³-hybridized carbons (Fsp3) is 0.316. The van der Waals surface area contributed by atoms with E-state index in [-0.39, 0.29) is 0 Å². The molecule has 0 bridgehead atoms. The number of hydrazone groups is 1. The number of benzene rings is 2. The standard InChI is InChI=1S/C19H22N2S/c1-3-7-17(8-4-1)21-20-15-16-11-13-19(14-12-16)22-18-9-5-2-6-10-18/h1,3-4,7-8,11-15,18,21H,2,5-6,9-10H2. The van der Waals surface area contributed by atoms with Crippen LogP contribution < -0.4 is 5.43 Å². The van der Waals surface area contributed by atoms with E-state index in [9.17, 15) is 0 Å². The van der Waals surface area contributed by atoms with Gasteiger partial charge in [-0.1, -0.05) is 49.6 Å². The molecular formula is C19H22N2S. The molecule has 0 spiro atoms. The van der Waals surface area contributed by atoms with Crippen molar-refractivity contribution in [2.75, 3.05) is 5.43 Å². The third-order valence-corrected chi connectivity index (χ3v) is 5.27. The van der Waals surface area contributed by atoms with Crippen LogP contribution in [0.4, 0.5) is 5.69 Å². The van der Waals surface area contributed by atoms with Gasteiger partial charge in [0.15, 0.2) is 0 Å². The first-order valence-electron chi connectivity index (χ1n) is 8.01. The van der Waals surface area contributed by atoms with Crippen molar-refractivity contribution in [1.82, 2.24) is 0 Å². The second-order valence-electron chi connectivity index (χ2n) is 5.68. The van der Waals surface area contributed by atoms with Gasteiger partial charge in [-0.25, -0.2) is 0 Å². The van der Waals surface area contributed by atoms with Crippen molar-refractivity contribution < 1.29 is 0 Å². The van der Waals surface area contributed by atoms with Gasteiger partial charge in [-0.05, 0) is 42.7 Å². The third-order valence-electron chi connectivity index (χ3n) is 3.92. The van der Waals surface area contributed by atoms with Crippen molar-refractivity contribution in [2.24, 2.45) is 5.10 Å². The molecule has 2 aromatic rings. The Morgan fingerprint density at radius 3 is 2.36 bits per heavy atom. The van der Waals surface area contributed by atoms with Gasteiger partial charge in [-0.3, -0.25) is 5.43 Å². The molecule has 0 heterocycles. The van der Waals surface area contributed by atoms with Gasteiger partial charge in [-0.15, -0.1) is 11.8 Å². The maximum atomic E-state index is 4.28. The lowest BCUT2D eigenvalue weighted by Gasteiger charge is -2.20. The molecule has 1 N–H and O–H groups in total. The minimum Gasteiger partial charge on any atom is -0.279 e. The molecule has 22 heavy (non-hydrogen) atoms. The normalized spacial score (nSPS) is 16.0. The van der Waals surface area contributed by atoms with Crippen molar-refractivity contribution in [2.45, 2.75) is 42.2 Å². The van der Waals surface area contributed by atoms with E-state index >= 15 is 0 Å². The minimum absolute atomic E-state index is 0.813. The van der Waals surface area contributed by atoms with E-state index in [4.69, 9.17) is 0 Å². The van der Waals surface area contributed by atoms with E-state index in [1.54, 1.807) is 0 Å². The lowest BCUT2D eigenvalue weighted by molar-refractivity contribution is 0.516. The van der Waals surface area contributed by atoms with Crippen LogP contribution in [0.5, 0.6) is 0 Å². The van der Waals surface area contributed by atoms with Crippen molar-refractivity contribution in [1.29, 1.82) is 0 Å². The fourth-order valence-electron chi connectivity index (χ4n) is 2.70. The Labute approximate surface area is 137 Å². The van der Waals surface area contributed by atoms with Crippen LogP contribution >= 0.6 is 11.8 Å². The summed E-state index contributed by atoms with van der Waals surface area (Å²) in [6, 6.07) is 18.7. The highest BCUT2D eigenvalue weighted by molar-refractivity contribution is 8.00. The quantitative estimate of drug-likeness (QED) is 0.578. The zero-order valence-corrected chi connectivity index (χ0v) is 13.6. The lowest BCUT2D eigenvalue weighted by atomic mass is 10.0. The summed E-state index contributed by atoms with van der Waals surface area (Å²) in [7, 11) is 0. The van der Waals surface area contributed by atoms with Gasteiger partial charge < -0.3 is 0 Å². The number of rotatable bonds is 5. The monoisotopic (exact) mass is 310 g/mol. The van der Waals surface area contributed by atoms with E-state index in [0.717, 1.165) is 16.5 Å². The summed E-state index contributed by atoms with van der Waals surface area (Å²) in [6.45, 7) is 0. The van der Waals surface area contributed by atoms with Crippen LogP contribution in [0.15, 0.2) is 64.6 Å². The third kappa shape index (κ3) is 4.63. The maximum absolute atomic E-state index is 4.28. The van der Waals surface area contributed by atoms with Gasteiger partial charge in [0.25, 0.3) is 0 Å². The molecule has 0 amide bonds. The number of anilines is 1. The topological polar surface area (TPSA) is 24.4 Å². The van der Waals surface area contributed by atoms with Gasteiger partial charge in [0.2, 0.25) is 0 Å². The molecule has 0 atom stereocenters. The SMILES string of the molecule is C(=NNc1ccccc1)c1ccc(SC2CCCCC2)cc1. The van der Waals surface area contributed by atoms with E-state index in [1.165, 1.54) is 37.0 Å². The Hall–Kier alpha value is -1.74. The van der Waals surface area contributed by atoms with Crippen LogP contribution in [0.1, 0.15) is 37.7 Å². The molecule has 0 unspecified atom stereocenters. The van der Waals surface area contributed by atoms with E-state index < -0.39 is 0 Å². The van der Waals surface area contributed by atoms with E-state index in [2.05, 4.69) is 34.8 Å². The largest absolute Gasteiger partial charge is 0.279 e. The van der Waals surface area contributed by atoms with Crippen LogP contribution in [0.25, 0.3) is 0 Å². The van der Waals surface area contributed by atoms with Crippen LogP contribution in [-0.4, -0.2) is 11.5 Å². The molecule has 114 valence electrons. The van der Waals surface area contributed by atoms with Crippen molar-refractivity contribution >= 4 is 23.7 Å².